The summed E-state index contributed by atoms with van der Waals surface area (Å²) in [5.41, 5.74) is 0.721. The Balaban J connectivity index is 2.15. The van der Waals surface area contributed by atoms with E-state index in [4.69, 9.17) is 0 Å². The summed E-state index contributed by atoms with van der Waals surface area (Å²) in [5, 5.41) is 21.7. The number of nitrogens with one attached hydrogen (secondary N) is 1. The van der Waals surface area contributed by atoms with Crippen LogP contribution in [0.15, 0.2) is 42.5 Å². The predicted molar refractivity (Wildman–Crippen MR) is 72.1 cm³/mol. The van der Waals surface area contributed by atoms with Gasteiger partial charge in [-0.1, -0.05) is 18.2 Å². The van der Waals surface area contributed by atoms with E-state index in [0.29, 0.717) is 0 Å². The molecular formula is C15H14FNO3. The average molecular weight is 275 g/mol. The summed E-state index contributed by atoms with van der Waals surface area (Å²) in [5.74, 6) is -1.68. The van der Waals surface area contributed by atoms with E-state index < -0.39 is 11.7 Å². The molecule has 0 radical (unpaired) electrons. The number of carbonyl (C=O) groups is 1. The number of para-hydroxylation sites is 1. The predicted octanol–water partition coefficient (Wildman–Crippen LogP) is 2.73. The van der Waals surface area contributed by atoms with Crippen molar-refractivity contribution in [3.63, 3.8) is 0 Å². The Morgan fingerprint density at radius 3 is 2.45 bits per heavy atom. The van der Waals surface area contributed by atoms with Crippen molar-refractivity contribution in [2.24, 2.45) is 0 Å². The van der Waals surface area contributed by atoms with Crippen molar-refractivity contribution in [1.82, 2.24) is 5.32 Å². The molecule has 0 aliphatic rings. The van der Waals surface area contributed by atoms with Gasteiger partial charge in [0, 0.05) is 0 Å². The fraction of sp³-hybridized carbons (Fsp3) is 0.133. The number of halogens is 1. The highest BCUT2D eigenvalue weighted by molar-refractivity contribution is 5.97. The summed E-state index contributed by atoms with van der Waals surface area (Å²) in [4.78, 5) is 12.0. The third-order valence-corrected chi connectivity index (χ3v) is 2.98. The number of benzene rings is 2. The number of carbonyl (C=O) groups excluding carboxylic acids is 1. The van der Waals surface area contributed by atoms with Gasteiger partial charge in [-0.15, -0.1) is 0 Å². The van der Waals surface area contributed by atoms with E-state index in [1.807, 2.05) is 0 Å². The number of aromatic hydroxyl groups is 2. The molecule has 0 saturated carbocycles. The van der Waals surface area contributed by atoms with Crippen LogP contribution in [0.5, 0.6) is 11.5 Å². The topological polar surface area (TPSA) is 69.6 Å². The standard InChI is InChI=1S/C15H14FNO3/c1-9(10-5-7-11(16)8-6-10)17-15(20)12-3-2-4-13(18)14(12)19/h2-9,18-19H,1H3,(H,17,20). The van der Waals surface area contributed by atoms with Crippen LogP contribution in [-0.2, 0) is 0 Å². The van der Waals surface area contributed by atoms with Gasteiger partial charge in [0.05, 0.1) is 11.6 Å². The normalized spacial score (nSPS) is 11.9. The molecule has 0 saturated heterocycles. The van der Waals surface area contributed by atoms with Crippen LogP contribution < -0.4 is 5.32 Å². The fourth-order valence-electron chi connectivity index (χ4n) is 1.82. The molecule has 3 N–H and O–H groups in total. The molecule has 2 aromatic carbocycles. The molecule has 2 aromatic rings. The Hall–Kier alpha value is -2.56. The van der Waals surface area contributed by atoms with Gasteiger partial charge >= 0.3 is 0 Å². The van der Waals surface area contributed by atoms with Gasteiger partial charge in [-0.25, -0.2) is 4.39 Å². The molecular weight excluding hydrogens is 261 g/mol. The smallest absolute Gasteiger partial charge is 0.255 e. The van der Waals surface area contributed by atoms with E-state index in [1.165, 1.54) is 30.3 Å². The minimum Gasteiger partial charge on any atom is -0.504 e. The molecule has 0 bridgehead atoms. The third-order valence-electron chi connectivity index (χ3n) is 2.98. The van der Waals surface area contributed by atoms with Crippen LogP contribution in [-0.4, -0.2) is 16.1 Å². The van der Waals surface area contributed by atoms with Crippen LogP contribution >= 0.6 is 0 Å². The first-order valence-electron chi connectivity index (χ1n) is 6.06. The quantitative estimate of drug-likeness (QED) is 0.754. The molecule has 104 valence electrons. The second-order valence-electron chi connectivity index (χ2n) is 4.42. The van der Waals surface area contributed by atoms with Crippen LogP contribution in [0, 0.1) is 5.82 Å². The van der Waals surface area contributed by atoms with Crippen molar-refractivity contribution >= 4 is 5.91 Å². The number of amides is 1. The highest BCUT2D eigenvalue weighted by Gasteiger charge is 2.16. The van der Waals surface area contributed by atoms with Crippen molar-refractivity contribution in [3.05, 3.63) is 59.4 Å². The monoisotopic (exact) mass is 275 g/mol. The lowest BCUT2D eigenvalue weighted by molar-refractivity contribution is 0.0936. The molecule has 1 amide bonds. The number of phenols is 2. The van der Waals surface area contributed by atoms with Gasteiger partial charge in [0.2, 0.25) is 0 Å². The van der Waals surface area contributed by atoms with Gasteiger partial charge in [-0.2, -0.15) is 0 Å². The first-order chi connectivity index (χ1) is 9.49. The minimum absolute atomic E-state index is 0.0149. The summed E-state index contributed by atoms with van der Waals surface area (Å²) >= 11 is 0. The van der Waals surface area contributed by atoms with Gasteiger partial charge in [0.1, 0.15) is 5.82 Å². The van der Waals surface area contributed by atoms with Gasteiger partial charge < -0.3 is 15.5 Å². The molecule has 4 nitrogen and oxygen atoms in total. The molecule has 0 aliphatic carbocycles. The second kappa shape index (κ2) is 5.61. The Morgan fingerprint density at radius 2 is 1.80 bits per heavy atom. The maximum Gasteiger partial charge on any atom is 0.255 e. The highest BCUT2D eigenvalue weighted by Crippen LogP contribution is 2.28. The zero-order valence-electron chi connectivity index (χ0n) is 10.8. The molecule has 2 rings (SSSR count). The van der Waals surface area contributed by atoms with Crippen molar-refractivity contribution in [2.75, 3.05) is 0 Å². The Kier molecular flexibility index (Phi) is 3.89. The lowest BCUT2D eigenvalue weighted by Gasteiger charge is -2.15. The van der Waals surface area contributed by atoms with Crippen molar-refractivity contribution in [3.8, 4) is 11.5 Å². The van der Waals surface area contributed by atoms with Crippen molar-refractivity contribution in [1.29, 1.82) is 0 Å². The van der Waals surface area contributed by atoms with Crippen LogP contribution in [0.25, 0.3) is 0 Å². The van der Waals surface area contributed by atoms with Crippen molar-refractivity contribution in [2.45, 2.75) is 13.0 Å². The summed E-state index contributed by atoms with van der Waals surface area (Å²) in [6.07, 6.45) is 0. The molecule has 5 heteroatoms. The molecule has 1 atom stereocenters. The summed E-state index contributed by atoms with van der Waals surface area (Å²) < 4.78 is 12.8. The number of phenolic OH excluding ortho intramolecular Hbond substituents is 2. The van der Waals surface area contributed by atoms with Crippen LogP contribution in [0.3, 0.4) is 0 Å². The molecule has 1 unspecified atom stereocenters. The van der Waals surface area contributed by atoms with E-state index in [0.717, 1.165) is 5.56 Å². The number of rotatable bonds is 3. The largest absolute Gasteiger partial charge is 0.504 e. The fourth-order valence-corrected chi connectivity index (χ4v) is 1.82. The Bertz CT molecular complexity index is 626. The number of hydrogen-bond acceptors (Lipinski definition) is 3. The molecule has 20 heavy (non-hydrogen) atoms. The second-order valence-corrected chi connectivity index (χ2v) is 4.42. The van der Waals surface area contributed by atoms with E-state index in [-0.39, 0.29) is 23.2 Å². The highest BCUT2D eigenvalue weighted by atomic mass is 19.1. The lowest BCUT2D eigenvalue weighted by atomic mass is 10.1. The molecule has 0 fully saturated rings. The maximum absolute atomic E-state index is 12.8. The van der Waals surface area contributed by atoms with Gasteiger partial charge in [0.25, 0.3) is 5.91 Å². The summed E-state index contributed by atoms with van der Waals surface area (Å²) in [6.45, 7) is 1.74. The van der Waals surface area contributed by atoms with Gasteiger partial charge in [-0.05, 0) is 36.8 Å². The first kappa shape index (κ1) is 13.9. The zero-order chi connectivity index (χ0) is 14.7. The molecule has 0 aromatic heterocycles. The SMILES string of the molecule is CC(NC(=O)c1cccc(O)c1O)c1ccc(F)cc1. The first-order valence-corrected chi connectivity index (χ1v) is 6.06. The van der Waals surface area contributed by atoms with Crippen molar-refractivity contribution < 1.29 is 19.4 Å². The lowest BCUT2D eigenvalue weighted by Crippen LogP contribution is -2.26. The molecule has 0 heterocycles. The molecule has 0 spiro atoms. The van der Waals surface area contributed by atoms with Crippen LogP contribution in [0.4, 0.5) is 4.39 Å². The van der Waals surface area contributed by atoms with Gasteiger partial charge in [0.15, 0.2) is 11.5 Å². The average Bonchev–Trinajstić information content (AvgIpc) is 2.42. The minimum atomic E-state index is -0.518. The molecule has 0 aliphatic heterocycles. The van der Waals surface area contributed by atoms with Gasteiger partial charge in [-0.3, -0.25) is 4.79 Å². The third kappa shape index (κ3) is 2.88. The maximum atomic E-state index is 12.8. The van der Waals surface area contributed by atoms with E-state index >= 15 is 0 Å². The van der Waals surface area contributed by atoms with Crippen LogP contribution in [0.2, 0.25) is 0 Å². The summed E-state index contributed by atoms with van der Waals surface area (Å²) in [7, 11) is 0. The van der Waals surface area contributed by atoms with E-state index in [2.05, 4.69) is 5.32 Å². The Labute approximate surface area is 115 Å². The van der Waals surface area contributed by atoms with E-state index in [1.54, 1.807) is 19.1 Å². The van der Waals surface area contributed by atoms with E-state index in [9.17, 15) is 19.4 Å². The van der Waals surface area contributed by atoms with Crippen LogP contribution in [0.1, 0.15) is 28.9 Å². The Morgan fingerprint density at radius 1 is 1.15 bits per heavy atom. The zero-order valence-corrected chi connectivity index (χ0v) is 10.8. The number of hydrogen-bond donors (Lipinski definition) is 3. The summed E-state index contributed by atoms with van der Waals surface area (Å²) in [6, 6.07) is 9.56.